The Hall–Kier alpha value is -3.48. The number of nitrogens with one attached hydrogen (secondary N) is 1. The Bertz CT molecular complexity index is 969. The Morgan fingerprint density at radius 1 is 1.07 bits per heavy atom. The zero-order chi connectivity index (χ0) is 19.2. The van der Waals surface area contributed by atoms with Crippen molar-refractivity contribution in [2.45, 2.75) is 20.0 Å². The van der Waals surface area contributed by atoms with E-state index in [1.54, 1.807) is 42.6 Å². The van der Waals surface area contributed by atoms with Crippen LogP contribution in [0.1, 0.15) is 24.2 Å². The number of para-hydroxylation sites is 3. The SMILES string of the molecule is CCOc1ccccc1NC(=O)C(C)OC(=O)c1cccc2nccnc12. The van der Waals surface area contributed by atoms with Gasteiger partial charge in [0.25, 0.3) is 5.91 Å². The van der Waals surface area contributed by atoms with Gasteiger partial charge in [0.15, 0.2) is 6.10 Å². The van der Waals surface area contributed by atoms with Gasteiger partial charge in [0.2, 0.25) is 0 Å². The second-order valence-electron chi connectivity index (χ2n) is 5.70. The molecule has 0 spiro atoms. The van der Waals surface area contributed by atoms with Gasteiger partial charge >= 0.3 is 5.97 Å². The molecule has 138 valence electrons. The van der Waals surface area contributed by atoms with E-state index in [1.165, 1.54) is 13.1 Å². The molecule has 7 nitrogen and oxygen atoms in total. The second kappa shape index (κ2) is 8.27. The van der Waals surface area contributed by atoms with E-state index in [0.29, 0.717) is 29.1 Å². The van der Waals surface area contributed by atoms with Crippen molar-refractivity contribution in [1.29, 1.82) is 0 Å². The highest BCUT2D eigenvalue weighted by atomic mass is 16.5. The van der Waals surface area contributed by atoms with Crippen molar-refractivity contribution in [3.63, 3.8) is 0 Å². The van der Waals surface area contributed by atoms with Gasteiger partial charge in [0.05, 0.1) is 23.4 Å². The first kappa shape index (κ1) is 18.3. The molecule has 1 amide bonds. The van der Waals surface area contributed by atoms with E-state index >= 15 is 0 Å². The summed E-state index contributed by atoms with van der Waals surface area (Å²) in [5.74, 6) is -0.542. The van der Waals surface area contributed by atoms with E-state index < -0.39 is 18.0 Å². The van der Waals surface area contributed by atoms with Gasteiger partial charge in [0, 0.05) is 12.4 Å². The van der Waals surface area contributed by atoms with Crippen LogP contribution in [-0.2, 0) is 9.53 Å². The molecule has 0 radical (unpaired) electrons. The lowest BCUT2D eigenvalue weighted by Gasteiger charge is -2.16. The average Bonchev–Trinajstić information content (AvgIpc) is 2.69. The van der Waals surface area contributed by atoms with E-state index in [4.69, 9.17) is 9.47 Å². The number of esters is 1. The van der Waals surface area contributed by atoms with Crippen LogP contribution >= 0.6 is 0 Å². The number of ether oxygens (including phenoxy) is 2. The van der Waals surface area contributed by atoms with Crippen LogP contribution in [0.2, 0.25) is 0 Å². The van der Waals surface area contributed by atoms with E-state index in [1.807, 2.05) is 13.0 Å². The molecule has 3 aromatic rings. The standard InChI is InChI=1S/C20H19N3O4/c1-3-26-17-10-5-4-8-15(17)23-19(24)13(2)27-20(25)14-7-6-9-16-18(14)22-12-11-21-16/h4-13H,3H2,1-2H3,(H,23,24). The molecular weight excluding hydrogens is 346 g/mol. The molecule has 0 aliphatic carbocycles. The van der Waals surface area contributed by atoms with Crippen LogP contribution in [0.3, 0.4) is 0 Å². The third kappa shape index (κ3) is 4.20. The summed E-state index contributed by atoms with van der Waals surface area (Å²) in [6.45, 7) is 3.84. The molecular formula is C20H19N3O4. The van der Waals surface area contributed by atoms with Gasteiger partial charge in [-0.3, -0.25) is 14.8 Å². The molecule has 0 aliphatic heterocycles. The summed E-state index contributed by atoms with van der Waals surface area (Å²) in [5, 5.41) is 2.72. The van der Waals surface area contributed by atoms with Gasteiger partial charge in [-0.1, -0.05) is 18.2 Å². The lowest BCUT2D eigenvalue weighted by atomic mass is 10.2. The first-order chi connectivity index (χ1) is 13.1. The number of aromatic nitrogens is 2. The molecule has 1 atom stereocenters. The topological polar surface area (TPSA) is 90.4 Å². The van der Waals surface area contributed by atoms with Crippen LogP contribution < -0.4 is 10.1 Å². The third-order valence-electron chi connectivity index (χ3n) is 3.82. The molecule has 0 bridgehead atoms. The van der Waals surface area contributed by atoms with E-state index in [-0.39, 0.29) is 5.56 Å². The van der Waals surface area contributed by atoms with Crippen molar-refractivity contribution in [2.24, 2.45) is 0 Å². The molecule has 0 fully saturated rings. The lowest BCUT2D eigenvalue weighted by molar-refractivity contribution is -0.123. The minimum absolute atomic E-state index is 0.259. The summed E-state index contributed by atoms with van der Waals surface area (Å²) in [7, 11) is 0. The fourth-order valence-corrected chi connectivity index (χ4v) is 2.52. The van der Waals surface area contributed by atoms with Gasteiger partial charge in [-0.25, -0.2) is 4.79 Å². The van der Waals surface area contributed by atoms with Crippen molar-refractivity contribution in [3.05, 3.63) is 60.4 Å². The van der Waals surface area contributed by atoms with Gasteiger partial charge in [-0.15, -0.1) is 0 Å². The highest BCUT2D eigenvalue weighted by molar-refractivity contribution is 6.03. The normalized spacial score (nSPS) is 11.6. The number of hydrogen-bond donors (Lipinski definition) is 1. The molecule has 0 aliphatic rings. The van der Waals surface area contributed by atoms with E-state index in [9.17, 15) is 9.59 Å². The molecule has 1 N–H and O–H groups in total. The van der Waals surface area contributed by atoms with Crippen LogP contribution in [0.4, 0.5) is 5.69 Å². The van der Waals surface area contributed by atoms with Gasteiger partial charge in [-0.2, -0.15) is 0 Å². The van der Waals surface area contributed by atoms with E-state index in [2.05, 4.69) is 15.3 Å². The second-order valence-corrected chi connectivity index (χ2v) is 5.70. The van der Waals surface area contributed by atoms with Crippen molar-refractivity contribution < 1.29 is 19.1 Å². The summed E-state index contributed by atoms with van der Waals surface area (Å²) in [5.41, 5.74) is 1.78. The number of amides is 1. The molecule has 3 rings (SSSR count). The fraction of sp³-hybridized carbons (Fsp3) is 0.200. The number of fused-ring (bicyclic) bond motifs is 1. The van der Waals surface area contributed by atoms with Crippen LogP contribution in [-0.4, -0.2) is 34.6 Å². The summed E-state index contributed by atoms with van der Waals surface area (Å²) < 4.78 is 10.8. The van der Waals surface area contributed by atoms with Crippen molar-refractivity contribution in [1.82, 2.24) is 9.97 Å². The Morgan fingerprint density at radius 2 is 1.85 bits per heavy atom. The maximum absolute atomic E-state index is 12.5. The third-order valence-corrected chi connectivity index (χ3v) is 3.82. The number of nitrogens with zero attached hydrogens (tertiary/aromatic N) is 2. The lowest BCUT2D eigenvalue weighted by Crippen LogP contribution is -2.30. The largest absolute Gasteiger partial charge is 0.492 e. The summed E-state index contributed by atoms with van der Waals surface area (Å²) in [4.78, 5) is 33.3. The predicted molar refractivity (Wildman–Crippen MR) is 101 cm³/mol. The average molecular weight is 365 g/mol. The number of rotatable bonds is 6. The molecule has 1 heterocycles. The predicted octanol–water partition coefficient (Wildman–Crippen LogP) is 3.21. The first-order valence-corrected chi connectivity index (χ1v) is 8.53. The van der Waals surface area contributed by atoms with Crippen molar-refractivity contribution in [3.8, 4) is 5.75 Å². The summed E-state index contributed by atoms with van der Waals surface area (Å²) in [6.07, 6.45) is 2.04. The maximum atomic E-state index is 12.5. The summed E-state index contributed by atoms with van der Waals surface area (Å²) in [6, 6.07) is 12.1. The van der Waals surface area contributed by atoms with Crippen LogP contribution in [0, 0.1) is 0 Å². The molecule has 0 saturated heterocycles. The number of carbonyl (C=O) groups is 2. The van der Waals surface area contributed by atoms with Gasteiger partial charge in [0.1, 0.15) is 11.3 Å². The molecule has 0 saturated carbocycles. The number of hydrogen-bond acceptors (Lipinski definition) is 6. The minimum atomic E-state index is -1.00. The molecule has 1 unspecified atom stereocenters. The van der Waals surface area contributed by atoms with Crippen molar-refractivity contribution >= 4 is 28.6 Å². The quantitative estimate of drug-likeness (QED) is 0.675. The van der Waals surface area contributed by atoms with Crippen LogP contribution in [0.15, 0.2) is 54.9 Å². The zero-order valence-electron chi connectivity index (χ0n) is 15.0. The fourth-order valence-electron chi connectivity index (χ4n) is 2.52. The summed E-state index contributed by atoms with van der Waals surface area (Å²) >= 11 is 0. The molecule has 27 heavy (non-hydrogen) atoms. The van der Waals surface area contributed by atoms with E-state index in [0.717, 1.165) is 0 Å². The van der Waals surface area contributed by atoms with Gasteiger partial charge < -0.3 is 14.8 Å². The molecule has 7 heteroatoms. The Kier molecular flexibility index (Phi) is 5.61. The maximum Gasteiger partial charge on any atom is 0.341 e. The van der Waals surface area contributed by atoms with Gasteiger partial charge in [-0.05, 0) is 38.1 Å². The monoisotopic (exact) mass is 365 g/mol. The number of anilines is 1. The first-order valence-electron chi connectivity index (χ1n) is 8.53. The minimum Gasteiger partial charge on any atom is -0.492 e. The smallest absolute Gasteiger partial charge is 0.341 e. The highest BCUT2D eigenvalue weighted by Crippen LogP contribution is 2.24. The molecule has 1 aromatic heterocycles. The molecule has 2 aromatic carbocycles. The number of carbonyl (C=O) groups excluding carboxylic acids is 2. The Labute approximate surface area is 156 Å². The highest BCUT2D eigenvalue weighted by Gasteiger charge is 2.21. The zero-order valence-corrected chi connectivity index (χ0v) is 15.0. The number of benzene rings is 2. The van der Waals surface area contributed by atoms with Crippen LogP contribution in [0.5, 0.6) is 5.75 Å². The Balaban J connectivity index is 1.72. The van der Waals surface area contributed by atoms with Crippen molar-refractivity contribution in [2.75, 3.05) is 11.9 Å². The van der Waals surface area contributed by atoms with Crippen LogP contribution in [0.25, 0.3) is 11.0 Å². The Morgan fingerprint density at radius 3 is 2.67 bits per heavy atom.